The van der Waals surface area contributed by atoms with Crippen molar-refractivity contribution >= 4 is 12.1 Å². The highest BCUT2D eigenvalue weighted by molar-refractivity contribution is 5.82. The van der Waals surface area contributed by atoms with E-state index in [1.54, 1.807) is 0 Å². The molecule has 5 heteroatoms. The fraction of sp³-hybridized carbons (Fsp3) is 0.357. The summed E-state index contributed by atoms with van der Waals surface area (Å²) in [7, 11) is 0. The van der Waals surface area contributed by atoms with Crippen LogP contribution in [-0.2, 0) is 14.3 Å². The van der Waals surface area contributed by atoms with Gasteiger partial charge in [-0.25, -0.2) is 9.59 Å². The Morgan fingerprint density at radius 3 is 2.21 bits per heavy atom. The van der Waals surface area contributed by atoms with Gasteiger partial charge in [0.1, 0.15) is 18.2 Å². The number of fused-ring (bicyclic) bond motifs is 3. The van der Waals surface area contributed by atoms with Crippen molar-refractivity contribution < 1.29 is 19.1 Å². The van der Waals surface area contributed by atoms with E-state index in [0.717, 1.165) is 29.5 Å². The van der Waals surface area contributed by atoms with Gasteiger partial charge in [0.15, 0.2) is 0 Å². The maximum Gasteiger partial charge on any atom is 0.407 e. The Balaban J connectivity index is 1.45. The van der Waals surface area contributed by atoms with Crippen molar-refractivity contribution in [2.75, 3.05) is 6.61 Å². The SMILES string of the molecule is CC(C)(C)OC(=O)[C@H](CC1=CCCC=C1)NC(=O)OCC1c2ccccc2-c2ccccc21. The van der Waals surface area contributed by atoms with Crippen molar-refractivity contribution in [1.82, 2.24) is 5.32 Å². The zero-order chi connectivity index (χ0) is 23.4. The number of rotatable bonds is 6. The van der Waals surface area contributed by atoms with Crippen LogP contribution in [0.25, 0.3) is 11.1 Å². The zero-order valence-electron chi connectivity index (χ0n) is 19.5. The van der Waals surface area contributed by atoms with Gasteiger partial charge >= 0.3 is 12.1 Å². The zero-order valence-corrected chi connectivity index (χ0v) is 19.5. The van der Waals surface area contributed by atoms with Crippen molar-refractivity contribution in [3.05, 3.63) is 83.5 Å². The smallest absolute Gasteiger partial charge is 0.407 e. The molecule has 2 aliphatic rings. The van der Waals surface area contributed by atoms with Gasteiger partial charge in [0.25, 0.3) is 0 Å². The van der Waals surface area contributed by atoms with E-state index in [-0.39, 0.29) is 12.5 Å². The van der Waals surface area contributed by atoms with Gasteiger partial charge in [0.2, 0.25) is 0 Å². The summed E-state index contributed by atoms with van der Waals surface area (Å²) in [6.07, 6.45) is 7.84. The number of nitrogens with one attached hydrogen (secondary N) is 1. The topological polar surface area (TPSA) is 64.6 Å². The number of benzene rings is 2. The van der Waals surface area contributed by atoms with Gasteiger partial charge < -0.3 is 14.8 Å². The van der Waals surface area contributed by atoms with Crippen LogP contribution in [0.15, 0.2) is 72.3 Å². The first kappa shape index (κ1) is 22.8. The molecule has 5 nitrogen and oxygen atoms in total. The molecule has 0 fully saturated rings. The summed E-state index contributed by atoms with van der Waals surface area (Å²) in [5, 5.41) is 2.75. The Labute approximate surface area is 195 Å². The number of hydrogen-bond acceptors (Lipinski definition) is 4. The van der Waals surface area contributed by atoms with E-state index < -0.39 is 23.7 Å². The quantitative estimate of drug-likeness (QED) is 0.562. The first-order valence-corrected chi connectivity index (χ1v) is 11.5. The first-order valence-electron chi connectivity index (χ1n) is 11.5. The van der Waals surface area contributed by atoms with Gasteiger partial charge in [-0.2, -0.15) is 0 Å². The fourth-order valence-corrected chi connectivity index (χ4v) is 4.40. The minimum atomic E-state index is -0.811. The second kappa shape index (κ2) is 9.65. The average molecular weight is 446 g/mol. The normalized spacial score (nSPS) is 15.8. The highest BCUT2D eigenvalue weighted by Gasteiger charge is 2.31. The van der Waals surface area contributed by atoms with Gasteiger partial charge in [-0.1, -0.05) is 66.8 Å². The molecule has 0 radical (unpaired) electrons. The van der Waals surface area contributed by atoms with Crippen molar-refractivity contribution in [2.45, 2.75) is 57.6 Å². The Kier molecular flexibility index (Phi) is 6.68. The second-order valence-electron chi connectivity index (χ2n) is 9.52. The van der Waals surface area contributed by atoms with Crippen molar-refractivity contribution in [2.24, 2.45) is 0 Å². The molecule has 0 saturated carbocycles. The third-order valence-corrected chi connectivity index (χ3v) is 5.84. The van der Waals surface area contributed by atoms with Crippen molar-refractivity contribution in [3.8, 4) is 11.1 Å². The Morgan fingerprint density at radius 2 is 1.64 bits per heavy atom. The van der Waals surface area contributed by atoms with Crippen molar-refractivity contribution in [3.63, 3.8) is 0 Å². The van der Waals surface area contributed by atoms with Crippen LogP contribution in [0.3, 0.4) is 0 Å². The van der Waals surface area contributed by atoms with E-state index >= 15 is 0 Å². The molecule has 0 heterocycles. The van der Waals surface area contributed by atoms with Crippen LogP contribution in [0.2, 0.25) is 0 Å². The number of alkyl carbamates (subject to hydrolysis) is 1. The highest BCUT2D eigenvalue weighted by Crippen LogP contribution is 2.44. The lowest BCUT2D eigenvalue weighted by molar-refractivity contribution is -0.157. The number of ether oxygens (including phenoxy) is 2. The van der Waals surface area contributed by atoms with Crippen LogP contribution in [0.1, 0.15) is 57.1 Å². The molecule has 172 valence electrons. The molecular weight excluding hydrogens is 414 g/mol. The monoisotopic (exact) mass is 445 g/mol. The summed E-state index contributed by atoms with van der Waals surface area (Å²) in [5.74, 6) is -0.497. The molecule has 0 aliphatic heterocycles. The number of carbonyl (C=O) groups is 2. The van der Waals surface area contributed by atoms with Crippen LogP contribution >= 0.6 is 0 Å². The van der Waals surface area contributed by atoms with Crippen LogP contribution < -0.4 is 5.32 Å². The predicted octanol–water partition coefficient (Wildman–Crippen LogP) is 5.90. The maximum absolute atomic E-state index is 12.8. The summed E-state index contributed by atoms with van der Waals surface area (Å²) in [5.41, 5.74) is 5.00. The molecule has 33 heavy (non-hydrogen) atoms. The summed E-state index contributed by atoms with van der Waals surface area (Å²) >= 11 is 0. The van der Waals surface area contributed by atoms with E-state index in [9.17, 15) is 9.59 Å². The number of hydrogen-bond donors (Lipinski definition) is 1. The third-order valence-electron chi connectivity index (χ3n) is 5.84. The Bertz CT molecular complexity index is 1050. The summed E-state index contributed by atoms with van der Waals surface area (Å²) in [6, 6.07) is 15.6. The van der Waals surface area contributed by atoms with Crippen LogP contribution in [-0.4, -0.2) is 30.3 Å². The molecule has 1 amide bonds. The summed E-state index contributed by atoms with van der Waals surface area (Å²) in [6.45, 7) is 5.64. The fourth-order valence-electron chi connectivity index (χ4n) is 4.40. The Morgan fingerprint density at radius 1 is 1.00 bits per heavy atom. The molecule has 0 saturated heterocycles. The van der Waals surface area contributed by atoms with Gasteiger partial charge in [-0.3, -0.25) is 0 Å². The Hall–Kier alpha value is -3.34. The van der Waals surface area contributed by atoms with E-state index in [1.165, 1.54) is 11.1 Å². The number of esters is 1. The number of amides is 1. The lowest BCUT2D eigenvalue weighted by Gasteiger charge is -2.25. The van der Waals surface area contributed by atoms with Gasteiger partial charge in [-0.05, 0) is 61.4 Å². The molecule has 4 rings (SSSR count). The summed E-state index contributed by atoms with van der Waals surface area (Å²) in [4.78, 5) is 25.6. The second-order valence-corrected chi connectivity index (χ2v) is 9.52. The standard InChI is InChI=1S/C28H31NO4/c1-28(2,3)33-26(30)25(17-19-11-5-4-6-12-19)29-27(31)32-18-24-22-15-9-7-13-20(22)21-14-8-10-16-23(21)24/h5,7-16,24-25H,4,6,17-18H2,1-3H3,(H,29,31)/t25-/m0/s1. The molecule has 2 aromatic carbocycles. The van der Waals surface area contributed by atoms with Gasteiger partial charge in [-0.15, -0.1) is 0 Å². The van der Waals surface area contributed by atoms with E-state index in [1.807, 2.05) is 51.1 Å². The average Bonchev–Trinajstić information content (AvgIpc) is 3.11. The molecule has 1 N–H and O–H groups in total. The van der Waals surface area contributed by atoms with E-state index in [2.05, 4.69) is 41.7 Å². The van der Waals surface area contributed by atoms with E-state index in [4.69, 9.17) is 9.47 Å². The third kappa shape index (κ3) is 5.54. The van der Waals surface area contributed by atoms with Crippen LogP contribution in [0.4, 0.5) is 4.79 Å². The molecule has 0 bridgehead atoms. The highest BCUT2D eigenvalue weighted by atomic mass is 16.6. The molecule has 2 aromatic rings. The molecule has 2 aliphatic carbocycles. The number of carbonyl (C=O) groups excluding carboxylic acids is 2. The molecule has 0 aromatic heterocycles. The predicted molar refractivity (Wildman–Crippen MR) is 129 cm³/mol. The minimum absolute atomic E-state index is 0.0351. The molecule has 0 unspecified atom stereocenters. The first-order chi connectivity index (χ1) is 15.8. The van der Waals surface area contributed by atoms with Crippen molar-refractivity contribution in [1.29, 1.82) is 0 Å². The maximum atomic E-state index is 12.8. The van der Waals surface area contributed by atoms with Gasteiger partial charge in [0.05, 0.1) is 0 Å². The van der Waals surface area contributed by atoms with Crippen LogP contribution in [0.5, 0.6) is 0 Å². The molecule has 1 atom stereocenters. The van der Waals surface area contributed by atoms with Crippen LogP contribution in [0, 0.1) is 0 Å². The lowest BCUT2D eigenvalue weighted by Crippen LogP contribution is -2.44. The minimum Gasteiger partial charge on any atom is -0.458 e. The summed E-state index contributed by atoms with van der Waals surface area (Å²) < 4.78 is 11.2. The lowest BCUT2D eigenvalue weighted by atomic mass is 9.98. The van der Waals surface area contributed by atoms with Gasteiger partial charge in [0, 0.05) is 12.3 Å². The number of allylic oxidation sites excluding steroid dienone is 3. The molecule has 0 spiro atoms. The molecular formula is C28H31NO4. The largest absolute Gasteiger partial charge is 0.458 e. The van der Waals surface area contributed by atoms with E-state index in [0.29, 0.717) is 6.42 Å².